The predicted octanol–water partition coefficient (Wildman–Crippen LogP) is 4.09. The molecule has 27 heavy (non-hydrogen) atoms. The van der Waals surface area contributed by atoms with Gasteiger partial charge in [-0.25, -0.2) is 12.7 Å². The molecule has 0 spiro atoms. The Labute approximate surface area is 170 Å². The van der Waals surface area contributed by atoms with Crippen molar-refractivity contribution in [3.8, 4) is 0 Å². The Balaban J connectivity index is 1.75. The molecule has 8 heteroatoms. The minimum absolute atomic E-state index is 0.386. The van der Waals surface area contributed by atoms with Crippen molar-refractivity contribution < 1.29 is 8.42 Å². The van der Waals surface area contributed by atoms with Gasteiger partial charge in [-0.1, -0.05) is 26.0 Å². The van der Waals surface area contributed by atoms with E-state index in [4.69, 9.17) is 0 Å². The SMILES string of the molecule is CN(C)S(=O)c1ccc(S(=O)Nc2ccccc2N2CCC(C)(C)CC2)s1. The molecule has 1 N–H and O–H groups in total. The van der Waals surface area contributed by atoms with Gasteiger partial charge in [0.05, 0.1) is 11.4 Å². The molecule has 3 rings (SSSR count). The molecule has 2 aromatic rings. The third-order valence-electron chi connectivity index (χ3n) is 4.81. The number of anilines is 2. The zero-order valence-electron chi connectivity index (χ0n) is 16.2. The van der Waals surface area contributed by atoms with E-state index in [2.05, 4.69) is 29.5 Å². The molecule has 1 aliphatic rings. The van der Waals surface area contributed by atoms with E-state index in [1.54, 1.807) is 30.5 Å². The molecule has 0 saturated carbocycles. The van der Waals surface area contributed by atoms with Crippen LogP contribution in [-0.4, -0.2) is 39.9 Å². The van der Waals surface area contributed by atoms with E-state index in [-0.39, 0.29) is 0 Å². The van der Waals surface area contributed by atoms with Crippen molar-refractivity contribution >= 4 is 44.7 Å². The summed E-state index contributed by atoms with van der Waals surface area (Å²) in [5.41, 5.74) is 2.35. The summed E-state index contributed by atoms with van der Waals surface area (Å²) in [6.07, 6.45) is 2.30. The number of hydrogen-bond donors (Lipinski definition) is 1. The average Bonchev–Trinajstić information content (AvgIpc) is 3.12. The number of thiophene rings is 1. The molecule has 1 aromatic carbocycles. The maximum atomic E-state index is 12.8. The van der Waals surface area contributed by atoms with E-state index in [1.807, 2.05) is 18.2 Å². The molecule has 2 atom stereocenters. The minimum Gasteiger partial charge on any atom is -0.370 e. The third kappa shape index (κ3) is 4.99. The molecule has 0 aliphatic carbocycles. The van der Waals surface area contributed by atoms with Crippen molar-refractivity contribution in [3.63, 3.8) is 0 Å². The van der Waals surface area contributed by atoms with Crippen LogP contribution >= 0.6 is 11.3 Å². The molecule has 0 amide bonds. The van der Waals surface area contributed by atoms with E-state index in [9.17, 15) is 8.42 Å². The van der Waals surface area contributed by atoms with Gasteiger partial charge in [0.15, 0.2) is 11.0 Å². The zero-order chi connectivity index (χ0) is 19.6. The first kappa shape index (κ1) is 20.5. The summed E-state index contributed by atoms with van der Waals surface area (Å²) in [6, 6.07) is 11.6. The highest BCUT2D eigenvalue weighted by molar-refractivity contribution is 7.90. The van der Waals surface area contributed by atoms with Crippen LogP contribution in [0.25, 0.3) is 0 Å². The minimum atomic E-state index is -1.38. The molecule has 1 aliphatic heterocycles. The smallest absolute Gasteiger partial charge is 0.160 e. The van der Waals surface area contributed by atoms with E-state index < -0.39 is 22.0 Å². The Morgan fingerprint density at radius 1 is 1.04 bits per heavy atom. The molecule has 1 fully saturated rings. The number of nitrogens with zero attached hydrogens (tertiary/aromatic N) is 2. The number of hydrogen-bond acceptors (Lipinski definition) is 4. The number of para-hydroxylation sites is 2. The van der Waals surface area contributed by atoms with E-state index in [0.717, 1.165) is 37.3 Å². The average molecular weight is 426 g/mol. The Morgan fingerprint density at radius 3 is 2.33 bits per heavy atom. The normalized spacial score (nSPS) is 19.1. The fourth-order valence-electron chi connectivity index (χ4n) is 3.02. The number of benzene rings is 1. The Hall–Kier alpha value is -1.22. The fraction of sp³-hybridized carbons (Fsp3) is 0.474. The van der Waals surface area contributed by atoms with Gasteiger partial charge in [0.2, 0.25) is 0 Å². The topological polar surface area (TPSA) is 52.7 Å². The Bertz CT molecular complexity index is 838. The largest absolute Gasteiger partial charge is 0.370 e. The van der Waals surface area contributed by atoms with Gasteiger partial charge in [-0.15, -0.1) is 11.3 Å². The molecule has 0 radical (unpaired) electrons. The molecule has 5 nitrogen and oxygen atoms in total. The van der Waals surface area contributed by atoms with Crippen LogP contribution < -0.4 is 9.62 Å². The van der Waals surface area contributed by atoms with Crippen molar-refractivity contribution in [3.05, 3.63) is 36.4 Å². The highest BCUT2D eigenvalue weighted by atomic mass is 32.2. The van der Waals surface area contributed by atoms with Gasteiger partial charge in [-0.3, -0.25) is 4.72 Å². The van der Waals surface area contributed by atoms with Crippen LogP contribution in [0.2, 0.25) is 0 Å². The predicted molar refractivity (Wildman–Crippen MR) is 116 cm³/mol. The number of piperidine rings is 1. The maximum absolute atomic E-state index is 12.8. The lowest BCUT2D eigenvalue weighted by Crippen LogP contribution is -2.37. The maximum Gasteiger partial charge on any atom is 0.160 e. The Morgan fingerprint density at radius 2 is 1.67 bits per heavy atom. The lowest BCUT2D eigenvalue weighted by molar-refractivity contribution is 0.280. The van der Waals surface area contributed by atoms with Gasteiger partial charge in [0.1, 0.15) is 19.4 Å². The number of nitrogens with one attached hydrogen (secondary N) is 1. The molecule has 1 aromatic heterocycles. The molecule has 0 bridgehead atoms. The zero-order valence-corrected chi connectivity index (χ0v) is 18.7. The fourth-order valence-corrected chi connectivity index (χ4v) is 6.55. The first-order chi connectivity index (χ1) is 12.8. The highest BCUT2D eigenvalue weighted by Crippen LogP contribution is 2.35. The van der Waals surface area contributed by atoms with Gasteiger partial charge in [0.25, 0.3) is 0 Å². The summed E-state index contributed by atoms with van der Waals surface area (Å²) in [5, 5.41) is 0. The second kappa shape index (κ2) is 8.43. The van der Waals surface area contributed by atoms with Crippen LogP contribution in [0.1, 0.15) is 26.7 Å². The van der Waals surface area contributed by atoms with Gasteiger partial charge < -0.3 is 4.90 Å². The van der Waals surface area contributed by atoms with Crippen molar-refractivity contribution in [2.45, 2.75) is 35.1 Å². The number of rotatable bonds is 6. The van der Waals surface area contributed by atoms with Crippen LogP contribution in [0.15, 0.2) is 44.8 Å². The summed E-state index contributed by atoms with van der Waals surface area (Å²) in [6.45, 7) is 6.64. The van der Waals surface area contributed by atoms with Crippen molar-refractivity contribution in [1.29, 1.82) is 0 Å². The highest BCUT2D eigenvalue weighted by Gasteiger charge is 2.26. The van der Waals surface area contributed by atoms with Gasteiger partial charge >= 0.3 is 0 Å². The van der Waals surface area contributed by atoms with Gasteiger partial charge in [0, 0.05) is 13.1 Å². The van der Waals surface area contributed by atoms with Crippen LogP contribution in [0.3, 0.4) is 0 Å². The first-order valence-electron chi connectivity index (χ1n) is 8.98. The molecular weight excluding hydrogens is 398 g/mol. The van der Waals surface area contributed by atoms with Gasteiger partial charge in [-0.2, -0.15) is 0 Å². The summed E-state index contributed by atoms with van der Waals surface area (Å²) < 4.78 is 31.2. The van der Waals surface area contributed by atoms with Crippen molar-refractivity contribution in [2.24, 2.45) is 5.41 Å². The second-order valence-corrected chi connectivity index (χ2v) is 12.1. The molecular formula is C19H27N3O2S3. The van der Waals surface area contributed by atoms with Crippen molar-refractivity contribution in [1.82, 2.24) is 4.31 Å². The molecule has 1 saturated heterocycles. The monoisotopic (exact) mass is 425 g/mol. The molecule has 2 heterocycles. The standard InChI is InChI=1S/C19H27N3O2S3/c1-19(2)11-13-22(14-12-19)16-8-6-5-7-15(16)20-26(23)17-9-10-18(25-17)27(24)21(3)4/h5-10,20H,11-14H2,1-4H3. The Kier molecular flexibility index (Phi) is 6.40. The molecule has 2 unspecified atom stereocenters. The van der Waals surface area contributed by atoms with Crippen LogP contribution in [0, 0.1) is 5.41 Å². The van der Waals surface area contributed by atoms with E-state index >= 15 is 0 Å². The van der Waals surface area contributed by atoms with E-state index in [0.29, 0.717) is 13.8 Å². The third-order valence-corrected chi connectivity index (χ3v) is 8.91. The first-order valence-corrected chi connectivity index (χ1v) is 12.1. The quantitative estimate of drug-likeness (QED) is 0.758. The van der Waals surface area contributed by atoms with Gasteiger partial charge in [-0.05, 0) is 56.6 Å². The summed E-state index contributed by atoms with van der Waals surface area (Å²) >= 11 is 1.32. The van der Waals surface area contributed by atoms with Crippen LogP contribution in [-0.2, 0) is 22.0 Å². The van der Waals surface area contributed by atoms with Crippen LogP contribution in [0.4, 0.5) is 11.4 Å². The second-order valence-electron chi connectivity index (χ2n) is 7.67. The van der Waals surface area contributed by atoms with Crippen LogP contribution in [0.5, 0.6) is 0 Å². The van der Waals surface area contributed by atoms with E-state index in [1.165, 1.54) is 11.3 Å². The summed E-state index contributed by atoms with van der Waals surface area (Å²) in [4.78, 5) is 2.37. The lowest BCUT2D eigenvalue weighted by Gasteiger charge is -2.38. The summed E-state index contributed by atoms with van der Waals surface area (Å²) in [5.74, 6) is 0. The molecule has 148 valence electrons. The van der Waals surface area contributed by atoms with Crippen molar-refractivity contribution in [2.75, 3.05) is 36.8 Å². The lowest BCUT2D eigenvalue weighted by atomic mass is 9.82. The summed E-state index contributed by atoms with van der Waals surface area (Å²) in [7, 11) is 0.933.